The Hall–Kier alpha value is -3.53. The van der Waals surface area contributed by atoms with Gasteiger partial charge in [0.1, 0.15) is 5.75 Å². The molecular weight excluding hydrogens is 352 g/mol. The second kappa shape index (κ2) is 7.61. The van der Waals surface area contributed by atoms with Gasteiger partial charge in [0.2, 0.25) is 0 Å². The molecule has 0 bridgehead atoms. The molecule has 0 radical (unpaired) electrons. The van der Waals surface area contributed by atoms with Crippen LogP contribution in [0.4, 0.5) is 0 Å². The lowest BCUT2D eigenvalue weighted by molar-refractivity contribution is 0.356. The molecule has 4 aromatic rings. The molecule has 4 heteroatoms. The van der Waals surface area contributed by atoms with E-state index in [1.165, 1.54) is 0 Å². The maximum absolute atomic E-state index is 6.12. The highest BCUT2D eigenvalue weighted by atomic mass is 16.5. The first kappa shape index (κ1) is 17.9. The van der Waals surface area contributed by atoms with Gasteiger partial charge in [-0.1, -0.05) is 30.3 Å². The van der Waals surface area contributed by atoms with Crippen LogP contribution in [0.2, 0.25) is 0 Å². The van der Waals surface area contributed by atoms with E-state index in [1.807, 2.05) is 54.6 Å². The molecule has 3 aromatic carbocycles. The van der Waals surface area contributed by atoms with Gasteiger partial charge in [-0.2, -0.15) is 0 Å². The summed E-state index contributed by atoms with van der Waals surface area (Å²) in [5.41, 5.74) is 3.04. The van der Waals surface area contributed by atoms with Crippen LogP contribution in [0.1, 0.15) is 0 Å². The van der Waals surface area contributed by atoms with Gasteiger partial charge >= 0.3 is 12.0 Å². The van der Waals surface area contributed by atoms with Gasteiger partial charge in [0.05, 0.1) is 37.8 Å². The third kappa shape index (κ3) is 3.14. The zero-order valence-corrected chi connectivity index (χ0v) is 16.1. The Balaban J connectivity index is 2.04. The number of rotatable bonds is 5. The smallest absolute Gasteiger partial charge is 0.368 e. The number of methoxy groups -OCH3 is 3. The summed E-state index contributed by atoms with van der Waals surface area (Å²) in [5, 5.41) is 1.97. The quantitative estimate of drug-likeness (QED) is 0.398. The molecule has 0 saturated carbocycles. The lowest BCUT2D eigenvalue weighted by atomic mass is 9.95. The van der Waals surface area contributed by atoms with E-state index in [1.54, 1.807) is 27.6 Å². The fraction of sp³-hybridized carbons (Fsp3) is 0.125. The minimum absolute atomic E-state index is 0.668. The third-order valence-corrected chi connectivity index (χ3v) is 4.77. The first-order chi connectivity index (χ1) is 13.7. The standard InChI is InChI=1S/C24H21O4/c1-25-19-11-9-17(10-12-19)24-23(16-7-5-4-6-8-16)20-14-22(27-3)21(26-2)13-18(20)15-28-24/h4-15H,1-3H3/q+1. The van der Waals surface area contributed by atoms with Crippen molar-refractivity contribution in [3.63, 3.8) is 0 Å². The maximum atomic E-state index is 6.12. The van der Waals surface area contributed by atoms with E-state index in [4.69, 9.17) is 18.6 Å². The molecule has 0 amide bonds. The van der Waals surface area contributed by atoms with Gasteiger partial charge in [0.15, 0.2) is 11.5 Å². The van der Waals surface area contributed by atoms with Crippen LogP contribution in [0.25, 0.3) is 33.2 Å². The Morgan fingerprint density at radius 1 is 0.679 bits per heavy atom. The zero-order valence-electron chi connectivity index (χ0n) is 16.1. The van der Waals surface area contributed by atoms with Crippen LogP contribution < -0.4 is 14.2 Å². The molecule has 0 unspecified atom stereocenters. The summed E-state index contributed by atoms with van der Waals surface area (Å²) in [6.45, 7) is 0. The van der Waals surface area contributed by atoms with E-state index in [-0.39, 0.29) is 0 Å². The molecule has 4 nitrogen and oxygen atoms in total. The molecule has 0 saturated heterocycles. The van der Waals surface area contributed by atoms with Gasteiger partial charge in [0.25, 0.3) is 0 Å². The molecule has 0 spiro atoms. The number of hydrogen-bond acceptors (Lipinski definition) is 3. The van der Waals surface area contributed by atoms with Crippen LogP contribution in [-0.4, -0.2) is 21.3 Å². The van der Waals surface area contributed by atoms with Crippen molar-refractivity contribution in [1.29, 1.82) is 0 Å². The topological polar surface area (TPSA) is 39.0 Å². The molecule has 0 aliphatic carbocycles. The number of hydrogen-bond donors (Lipinski definition) is 0. The summed E-state index contributed by atoms with van der Waals surface area (Å²) in [7, 11) is 4.93. The minimum atomic E-state index is 0.668. The van der Waals surface area contributed by atoms with Crippen LogP contribution in [-0.2, 0) is 0 Å². The first-order valence-corrected chi connectivity index (χ1v) is 8.95. The second-order valence-corrected chi connectivity index (χ2v) is 6.33. The van der Waals surface area contributed by atoms with Crippen LogP contribution in [0.5, 0.6) is 17.2 Å². The highest BCUT2D eigenvalue weighted by molar-refractivity contribution is 6.02. The number of fused-ring (bicyclic) bond motifs is 1. The largest absolute Gasteiger partial charge is 0.497 e. The van der Waals surface area contributed by atoms with Crippen molar-refractivity contribution in [1.82, 2.24) is 0 Å². The fourth-order valence-corrected chi connectivity index (χ4v) is 3.36. The predicted octanol–water partition coefficient (Wildman–Crippen LogP) is 6.07. The molecule has 140 valence electrons. The highest BCUT2D eigenvalue weighted by Gasteiger charge is 2.25. The molecule has 4 rings (SSSR count). The average molecular weight is 373 g/mol. The Bertz CT molecular complexity index is 1100. The van der Waals surface area contributed by atoms with Crippen molar-refractivity contribution in [2.24, 2.45) is 0 Å². The van der Waals surface area contributed by atoms with E-state index < -0.39 is 0 Å². The van der Waals surface area contributed by atoms with Gasteiger partial charge in [-0.25, -0.2) is 4.42 Å². The third-order valence-electron chi connectivity index (χ3n) is 4.77. The summed E-state index contributed by atoms with van der Waals surface area (Å²) < 4.78 is 22.4. The highest BCUT2D eigenvalue weighted by Crippen LogP contribution is 2.42. The normalized spacial score (nSPS) is 10.7. The van der Waals surface area contributed by atoms with Gasteiger partial charge < -0.3 is 14.2 Å². The molecule has 28 heavy (non-hydrogen) atoms. The van der Waals surface area contributed by atoms with E-state index in [0.717, 1.165) is 39.0 Å². The lowest BCUT2D eigenvalue weighted by Gasteiger charge is -2.11. The first-order valence-electron chi connectivity index (χ1n) is 8.95. The van der Waals surface area contributed by atoms with Crippen LogP contribution in [0, 0.1) is 0 Å². The summed E-state index contributed by atoms with van der Waals surface area (Å²) in [5.74, 6) is 2.94. The molecular formula is C24H21O4+. The summed E-state index contributed by atoms with van der Waals surface area (Å²) >= 11 is 0. The minimum Gasteiger partial charge on any atom is -0.497 e. The summed E-state index contributed by atoms with van der Waals surface area (Å²) in [6, 6.07) is 22.0. The monoisotopic (exact) mass is 373 g/mol. The van der Waals surface area contributed by atoms with E-state index in [2.05, 4.69) is 12.1 Å². The lowest BCUT2D eigenvalue weighted by Crippen LogP contribution is -1.93. The average Bonchev–Trinajstić information content (AvgIpc) is 2.77. The molecule has 1 aromatic heterocycles. The van der Waals surface area contributed by atoms with E-state index in [9.17, 15) is 0 Å². The van der Waals surface area contributed by atoms with Gasteiger partial charge in [-0.05, 0) is 35.9 Å². The molecule has 0 fully saturated rings. The van der Waals surface area contributed by atoms with Crippen LogP contribution in [0.3, 0.4) is 0 Å². The van der Waals surface area contributed by atoms with Gasteiger partial charge in [0, 0.05) is 11.5 Å². The van der Waals surface area contributed by atoms with Crippen molar-refractivity contribution in [3.8, 4) is 39.7 Å². The van der Waals surface area contributed by atoms with Crippen molar-refractivity contribution >= 4 is 10.8 Å². The molecule has 1 heterocycles. The van der Waals surface area contributed by atoms with Crippen LogP contribution >= 0.6 is 0 Å². The number of ether oxygens (including phenoxy) is 3. The summed E-state index contributed by atoms with van der Waals surface area (Å²) in [6.07, 6.45) is 1.75. The number of benzene rings is 3. The molecule has 0 N–H and O–H groups in total. The SMILES string of the molecule is COc1ccc(-c2[o+]cc3cc(OC)c(OC)cc3c2-c2ccccc2)cc1. The van der Waals surface area contributed by atoms with Crippen molar-refractivity contribution < 1.29 is 18.6 Å². The van der Waals surface area contributed by atoms with Gasteiger partial charge in [-0.3, -0.25) is 0 Å². The van der Waals surface area contributed by atoms with Crippen molar-refractivity contribution in [2.75, 3.05) is 21.3 Å². The van der Waals surface area contributed by atoms with Crippen LogP contribution in [0.15, 0.2) is 77.4 Å². The Kier molecular flexibility index (Phi) is 4.85. The Labute approximate surface area is 163 Å². The molecule has 0 atom stereocenters. The van der Waals surface area contributed by atoms with Gasteiger partial charge in [-0.15, -0.1) is 0 Å². The van der Waals surface area contributed by atoms with Crippen molar-refractivity contribution in [3.05, 3.63) is 73.0 Å². The van der Waals surface area contributed by atoms with E-state index >= 15 is 0 Å². The maximum Gasteiger partial charge on any atom is 0.368 e. The second-order valence-electron chi connectivity index (χ2n) is 6.33. The molecule has 0 aliphatic heterocycles. The van der Waals surface area contributed by atoms with E-state index in [0.29, 0.717) is 11.5 Å². The Morgan fingerprint density at radius 2 is 1.36 bits per heavy atom. The fourth-order valence-electron chi connectivity index (χ4n) is 3.36. The zero-order chi connectivity index (χ0) is 19.5. The Morgan fingerprint density at radius 3 is 2.00 bits per heavy atom. The molecule has 0 aliphatic rings. The predicted molar refractivity (Wildman–Crippen MR) is 111 cm³/mol. The summed E-state index contributed by atoms with van der Waals surface area (Å²) in [4.78, 5) is 0. The van der Waals surface area contributed by atoms with Crippen molar-refractivity contribution in [2.45, 2.75) is 0 Å².